The highest BCUT2D eigenvalue weighted by Gasteiger charge is 2.25. The summed E-state index contributed by atoms with van der Waals surface area (Å²) < 4.78 is 10.5. The average molecular weight is 355 g/mol. The number of carbonyl (C=O) groups excluding carboxylic acids is 2. The zero-order chi connectivity index (χ0) is 18.5. The first-order valence-electron chi connectivity index (χ1n) is 8.41. The minimum Gasteiger partial charge on any atom is -0.454 e. The zero-order valence-corrected chi connectivity index (χ0v) is 14.7. The number of nitrogens with one attached hydrogen (secondary N) is 2. The number of pyridine rings is 1. The first-order chi connectivity index (χ1) is 12.5. The van der Waals surface area contributed by atoms with Gasteiger partial charge in [0.1, 0.15) is 6.04 Å². The number of rotatable bonds is 6. The Morgan fingerprint density at radius 1 is 1.19 bits per heavy atom. The second kappa shape index (κ2) is 7.86. The Hall–Kier alpha value is -3.09. The van der Waals surface area contributed by atoms with Crippen molar-refractivity contribution in [1.29, 1.82) is 0 Å². The number of hydrogen-bond donors (Lipinski definition) is 2. The molecule has 1 aliphatic heterocycles. The van der Waals surface area contributed by atoms with Gasteiger partial charge in [-0.05, 0) is 35.7 Å². The molecule has 0 radical (unpaired) electrons. The van der Waals surface area contributed by atoms with Crippen LogP contribution in [0.3, 0.4) is 0 Å². The van der Waals surface area contributed by atoms with Gasteiger partial charge in [0.05, 0.1) is 0 Å². The standard InChI is InChI=1S/C19H21N3O4/c1-12(2)17(19(24)21-10-13-4-3-7-20-9-13)22-18(23)14-5-6-15-16(8-14)26-11-25-15/h3-9,12,17H,10-11H2,1-2H3,(H,21,24)(H,22,23)/t17-/m1/s1. The molecule has 2 N–H and O–H groups in total. The van der Waals surface area contributed by atoms with Gasteiger partial charge in [0.25, 0.3) is 5.91 Å². The highest BCUT2D eigenvalue weighted by atomic mass is 16.7. The van der Waals surface area contributed by atoms with Crippen LogP contribution in [0.15, 0.2) is 42.7 Å². The van der Waals surface area contributed by atoms with Gasteiger partial charge >= 0.3 is 0 Å². The van der Waals surface area contributed by atoms with E-state index in [-0.39, 0.29) is 24.5 Å². The first-order valence-corrected chi connectivity index (χ1v) is 8.41. The predicted molar refractivity (Wildman–Crippen MR) is 94.7 cm³/mol. The fourth-order valence-corrected chi connectivity index (χ4v) is 2.60. The maximum Gasteiger partial charge on any atom is 0.252 e. The van der Waals surface area contributed by atoms with Crippen LogP contribution in [0.4, 0.5) is 0 Å². The summed E-state index contributed by atoms with van der Waals surface area (Å²) in [6.45, 7) is 4.27. The lowest BCUT2D eigenvalue weighted by Crippen LogP contribution is -2.49. The van der Waals surface area contributed by atoms with Crippen molar-refractivity contribution >= 4 is 11.8 Å². The number of fused-ring (bicyclic) bond motifs is 1. The van der Waals surface area contributed by atoms with Crippen molar-refractivity contribution < 1.29 is 19.1 Å². The van der Waals surface area contributed by atoms with Crippen molar-refractivity contribution in [2.45, 2.75) is 26.4 Å². The molecular formula is C19H21N3O4. The molecule has 2 aromatic rings. The summed E-state index contributed by atoms with van der Waals surface area (Å²) in [5.41, 5.74) is 1.31. The van der Waals surface area contributed by atoms with Crippen molar-refractivity contribution in [3.63, 3.8) is 0 Å². The molecule has 0 saturated heterocycles. The number of ether oxygens (including phenoxy) is 2. The summed E-state index contributed by atoms with van der Waals surface area (Å²) in [6, 6.07) is 7.98. The van der Waals surface area contributed by atoms with Gasteiger partial charge < -0.3 is 20.1 Å². The number of aromatic nitrogens is 1. The third-order valence-electron chi connectivity index (χ3n) is 4.06. The lowest BCUT2D eigenvalue weighted by Gasteiger charge is -2.22. The van der Waals surface area contributed by atoms with E-state index in [1.165, 1.54) is 0 Å². The normalized spacial score (nSPS) is 13.3. The predicted octanol–water partition coefficient (Wildman–Crippen LogP) is 1.88. The Balaban J connectivity index is 1.64. The van der Waals surface area contributed by atoms with Gasteiger partial charge in [-0.25, -0.2) is 0 Å². The fourth-order valence-electron chi connectivity index (χ4n) is 2.60. The largest absolute Gasteiger partial charge is 0.454 e. The van der Waals surface area contributed by atoms with Crippen molar-refractivity contribution in [3.05, 3.63) is 53.9 Å². The molecule has 0 unspecified atom stereocenters. The Morgan fingerprint density at radius 2 is 2.00 bits per heavy atom. The van der Waals surface area contributed by atoms with Crippen molar-refractivity contribution in [3.8, 4) is 11.5 Å². The Morgan fingerprint density at radius 3 is 2.73 bits per heavy atom. The van der Waals surface area contributed by atoms with Gasteiger partial charge in [-0.1, -0.05) is 19.9 Å². The topological polar surface area (TPSA) is 89.5 Å². The van der Waals surface area contributed by atoms with Gasteiger partial charge in [0, 0.05) is 24.5 Å². The molecule has 0 spiro atoms. The van der Waals surface area contributed by atoms with Crippen molar-refractivity contribution in [2.75, 3.05) is 6.79 Å². The van der Waals surface area contributed by atoms with Crippen LogP contribution >= 0.6 is 0 Å². The number of amides is 2. The SMILES string of the molecule is CC(C)[C@@H](NC(=O)c1ccc2c(c1)OCO2)C(=O)NCc1cccnc1. The van der Waals surface area contributed by atoms with Crippen LogP contribution in [-0.2, 0) is 11.3 Å². The molecule has 1 atom stereocenters. The van der Waals surface area contributed by atoms with E-state index in [0.29, 0.717) is 23.6 Å². The minimum absolute atomic E-state index is 0.0677. The zero-order valence-electron chi connectivity index (χ0n) is 14.7. The van der Waals surface area contributed by atoms with Crippen LogP contribution < -0.4 is 20.1 Å². The minimum atomic E-state index is -0.649. The summed E-state index contributed by atoms with van der Waals surface area (Å²) in [4.78, 5) is 29.1. The molecular weight excluding hydrogens is 334 g/mol. The maximum atomic E-state index is 12.5. The molecule has 7 heteroatoms. The summed E-state index contributed by atoms with van der Waals surface area (Å²) in [5.74, 6) is 0.495. The average Bonchev–Trinajstić information content (AvgIpc) is 3.12. The first kappa shape index (κ1) is 17.7. The molecule has 2 heterocycles. The number of nitrogens with zero attached hydrogens (tertiary/aromatic N) is 1. The van der Waals surface area contributed by atoms with Crippen LogP contribution in [0.1, 0.15) is 29.8 Å². The van der Waals surface area contributed by atoms with Crippen molar-refractivity contribution in [2.24, 2.45) is 5.92 Å². The molecule has 1 aromatic heterocycles. The fraction of sp³-hybridized carbons (Fsp3) is 0.316. The van der Waals surface area contributed by atoms with E-state index in [1.807, 2.05) is 26.0 Å². The third kappa shape index (κ3) is 4.11. The Labute approximate surface area is 151 Å². The quantitative estimate of drug-likeness (QED) is 0.826. The molecule has 2 amide bonds. The molecule has 0 aliphatic carbocycles. The van der Waals surface area contributed by atoms with E-state index in [0.717, 1.165) is 5.56 Å². The molecule has 26 heavy (non-hydrogen) atoms. The van der Waals surface area contributed by atoms with Crippen LogP contribution in [0.25, 0.3) is 0 Å². The number of carbonyl (C=O) groups is 2. The molecule has 1 aliphatic rings. The van der Waals surface area contributed by atoms with E-state index in [4.69, 9.17) is 9.47 Å². The highest BCUT2D eigenvalue weighted by Crippen LogP contribution is 2.32. The molecule has 7 nitrogen and oxygen atoms in total. The van der Waals surface area contributed by atoms with Gasteiger partial charge in [-0.15, -0.1) is 0 Å². The summed E-state index contributed by atoms with van der Waals surface area (Å²) in [5, 5.41) is 5.64. The summed E-state index contributed by atoms with van der Waals surface area (Å²) in [7, 11) is 0. The smallest absolute Gasteiger partial charge is 0.252 e. The molecule has 136 valence electrons. The van der Waals surface area contributed by atoms with E-state index < -0.39 is 6.04 Å². The van der Waals surface area contributed by atoms with E-state index in [9.17, 15) is 9.59 Å². The molecule has 3 rings (SSSR count). The second-order valence-corrected chi connectivity index (χ2v) is 6.34. The van der Waals surface area contributed by atoms with Gasteiger partial charge in [0.15, 0.2) is 11.5 Å². The lowest BCUT2D eigenvalue weighted by atomic mass is 10.0. The molecule has 1 aromatic carbocycles. The van der Waals surface area contributed by atoms with Crippen LogP contribution in [0.5, 0.6) is 11.5 Å². The third-order valence-corrected chi connectivity index (χ3v) is 4.06. The highest BCUT2D eigenvalue weighted by molar-refractivity contribution is 5.98. The van der Waals surface area contributed by atoms with E-state index >= 15 is 0 Å². The van der Waals surface area contributed by atoms with Crippen molar-refractivity contribution in [1.82, 2.24) is 15.6 Å². The summed E-state index contributed by atoms with van der Waals surface area (Å²) >= 11 is 0. The lowest BCUT2D eigenvalue weighted by molar-refractivity contribution is -0.124. The van der Waals surface area contributed by atoms with Gasteiger partial charge in [-0.3, -0.25) is 14.6 Å². The van der Waals surface area contributed by atoms with Crippen LogP contribution in [0.2, 0.25) is 0 Å². The monoisotopic (exact) mass is 355 g/mol. The molecule has 0 saturated carbocycles. The Bertz CT molecular complexity index is 793. The van der Waals surface area contributed by atoms with E-state index in [1.54, 1.807) is 30.6 Å². The van der Waals surface area contributed by atoms with Gasteiger partial charge in [-0.2, -0.15) is 0 Å². The number of hydrogen-bond acceptors (Lipinski definition) is 5. The van der Waals surface area contributed by atoms with E-state index in [2.05, 4.69) is 15.6 Å². The Kier molecular flexibility index (Phi) is 5.36. The number of benzene rings is 1. The summed E-state index contributed by atoms with van der Waals surface area (Å²) in [6.07, 6.45) is 3.36. The molecule has 0 bridgehead atoms. The van der Waals surface area contributed by atoms with Crippen LogP contribution in [-0.4, -0.2) is 29.6 Å². The molecule has 0 fully saturated rings. The van der Waals surface area contributed by atoms with Crippen LogP contribution in [0, 0.1) is 5.92 Å². The second-order valence-electron chi connectivity index (χ2n) is 6.34. The maximum absolute atomic E-state index is 12.5. The van der Waals surface area contributed by atoms with Gasteiger partial charge in [0.2, 0.25) is 12.7 Å².